The molecule has 162 valence electrons. The third-order valence-electron chi connectivity index (χ3n) is 4.76. The van der Waals surface area contributed by atoms with E-state index in [2.05, 4.69) is 10.1 Å². The van der Waals surface area contributed by atoms with E-state index in [9.17, 15) is 18.8 Å². The van der Waals surface area contributed by atoms with Gasteiger partial charge >= 0.3 is 12.0 Å². The number of nitrogens with zero attached hydrogens (tertiary/aromatic N) is 1. The Bertz CT molecular complexity index is 1030. The van der Waals surface area contributed by atoms with Gasteiger partial charge in [0.2, 0.25) is 0 Å². The molecule has 1 N–H and O–H groups in total. The van der Waals surface area contributed by atoms with E-state index in [1.807, 2.05) is 30.3 Å². The zero-order chi connectivity index (χ0) is 22.5. The Morgan fingerprint density at radius 3 is 2.42 bits per heavy atom. The third-order valence-corrected chi connectivity index (χ3v) is 4.76. The summed E-state index contributed by atoms with van der Waals surface area (Å²) in [6.45, 7) is 3.40. The van der Waals surface area contributed by atoms with Gasteiger partial charge in [0.25, 0.3) is 5.91 Å². The number of benzene rings is 2. The average molecular weight is 426 g/mol. The Hall–Kier alpha value is -3.52. The molecule has 2 aromatic carbocycles. The van der Waals surface area contributed by atoms with Gasteiger partial charge in [-0.3, -0.25) is 4.79 Å². The van der Waals surface area contributed by atoms with Crippen LogP contribution in [-0.2, 0) is 25.7 Å². The molecule has 1 atom stereocenters. The van der Waals surface area contributed by atoms with Crippen molar-refractivity contribution in [2.75, 3.05) is 13.7 Å². The van der Waals surface area contributed by atoms with E-state index >= 15 is 0 Å². The summed E-state index contributed by atoms with van der Waals surface area (Å²) < 4.78 is 23.7. The molecule has 1 fully saturated rings. The van der Waals surface area contributed by atoms with E-state index < -0.39 is 23.9 Å². The average Bonchev–Trinajstić information content (AvgIpc) is 3.02. The highest BCUT2D eigenvalue weighted by atomic mass is 19.1. The van der Waals surface area contributed by atoms with Crippen LogP contribution in [0.5, 0.6) is 0 Å². The predicted octanol–water partition coefficient (Wildman–Crippen LogP) is 3.40. The van der Waals surface area contributed by atoms with Crippen LogP contribution in [0, 0.1) is 5.82 Å². The minimum absolute atomic E-state index is 0.0517. The van der Waals surface area contributed by atoms with Crippen LogP contribution >= 0.6 is 0 Å². The van der Waals surface area contributed by atoms with Crippen LogP contribution in [0.1, 0.15) is 19.4 Å². The lowest BCUT2D eigenvalue weighted by molar-refractivity contribution is -0.140. The number of carbonyl (C=O) groups excluding carboxylic acids is 3. The van der Waals surface area contributed by atoms with Crippen molar-refractivity contribution in [3.05, 3.63) is 71.2 Å². The standard InChI is InChI=1S/C23H23FN2O5/c1-14(2)20(22(28)30-3)26-21(27)19(25-23(26)29)13-31-12-15-7-9-16(10-8-15)17-5-4-6-18(24)11-17/h4-11,19H,12-13H2,1-3H3,(H,25,29). The highest BCUT2D eigenvalue weighted by Crippen LogP contribution is 2.22. The van der Waals surface area contributed by atoms with Gasteiger partial charge in [0, 0.05) is 0 Å². The van der Waals surface area contributed by atoms with Crippen molar-refractivity contribution in [3.8, 4) is 11.1 Å². The van der Waals surface area contributed by atoms with Gasteiger partial charge in [0.15, 0.2) is 0 Å². The number of allylic oxidation sites excluding steroid dienone is 1. The second kappa shape index (κ2) is 9.53. The number of esters is 1. The monoisotopic (exact) mass is 426 g/mol. The van der Waals surface area contributed by atoms with Crippen LogP contribution in [0.15, 0.2) is 59.8 Å². The minimum Gasteiger partial charge on any atom is -0.464 e. The summed E-state index contributed by atoms with van der Waals surface area (Å²) in [5.74, 6) is -1.64. The highest BCUT2D eigenvalue weighted by Gasteiger charge is 2.42. The molecule has 0 aliphatic carbocycles. The van der Waals surface area contributed by atoms with E-state index in [4.69, 9.17) is 4.74 Å². The first-order chi connectivity index (χ1) is 14.8. The minimum atomic E-state index is -0.905. The molecule has 7 nitrogen and oxygen atoms in total. The molecule has 1 saturated heterocycles. The van der Waals surface area contributed by atoms with Crippen LogP contribution in [0.25, 0.3) is 11.1 Å². The van der Waals surface area contributed by atoms with Crippen molar-refractivity contribution in [2.24, 2.45) is 0 Å². The van der Waals surface area contributed by atoms with Gasteiger partial charge in [-0.25, -0.2) is 18.9 Å². The topological polar surface area (TPSA) is 84.9 Å². The number of urea groups is 1. The lowest BCUT2D eigenvalue weighted by Crippen LogP contribution is -2.36. The quantitative estimate of drug-likeness (QED) is 0.417. The summed E-state index contributed by atoms with van der Waals surface area (Å²) in [5, 5.41) is 2.53. The maximum atomic E-state index is 13.4. The summed E-state index contributed by atoms with van der Waals surface area (Å²) in [4.78, 5) is 37.7. The molecule has 3 rings (SSSR count). The second-order valence-corrected chi connectivity index (χ2v) is 7.24. The number of nitrogens with one attached hydrogen (secondary N) is 1. The van der Waals surface area contributed by atoms with Gasteiger partial charge in [-0.15, -0.1) is 0 Å². The SMILES string of the molecule is COC(=O)C(=C(C)C)N1C(=O)NC(COCc2ccc(-c3cccc(F)c3)cc2)C1=O. The molecule has 3 amide bonds. The normalized spacial score (nSPS) is 15.6. The van der Waals surface area contributed by atoms with E-state index in [1.165, 1.54) is 19.2 Å². The van der Waals surface area contributed by atoms with Crippen LogP contribution < -0.4 is 5.32 Å². The Kier molecular flexibility index (Phi) is 6.81. The maximum absolute atomic E-state index is 13.4. The Morgan fingerprint density at radius 1 is 1.10 bits per heavy atom. The Morgan fingerprint density at radius 2 is 1.81 bits per heavy atom. The molecule has 0 spiro atoms. The Balaban J connectivity index is 1.60. The molecule has 1 aliphatic rings. The first-order valence-electron chi connectivity index (χ1n) is 9.64. The molecule has 2 aromatic rings. The largest absolute Gasteiger partial charge is 0.464 e. The van der Waals surface area contributed by atoms with Crippen LogP contribution in [0.3, 0.4) is 0 Å². The molecular formula is C23H23FN2O5. The van der Waals surface area contributed by atoms with E-state index in [0.29, 0.717) is 5.57 Å². The predicted molar refractivity (Wildman–Crippen MR) is 111 cm³/mol. The fraction of sp³-hybridized carbons (Fsp3) is 0.261. The first-order valence-corrected chi connectivity index (χ1v) is 9.64. The maximum Gasteiger partial charge on any atom is 0.355 e. The van der Waals surface area contributed by atoms with Crippen LogP contribution in [0.4, 0.5) is 9.18 Å². The molecule has 0 bridgehead atoms. The first kappa shape index (κ1) is 22.2. The summed E-state index contributed by atoms with van der Waals surface area (Å²) in [6, 6.07) is 12.1. The molecule has 0 saturated carbocycles. The molecule has 0 radical (unpaired) electrons. The van der Waals surface area contributed by atoms with Crippen molar-refractivity contribution in [1.82, 2.24) is 10.2 Å². The summed E-state index contributed by atoms with van der Waals surface area (Å²) >= 11 is 0. The van der Waals surface area contributed by atoms with Crippen LogP contribution in [-0.4, -0.2) is 42.6 Å². The number of hydrogen-bond donors (Lipinski definition) is 1. The molecule has 8 heteroatoms. The second-order valence-electron chi connectivity index (χ2n) is 7.24. The molecule has 31 heavy (non-hydrogen) atoms. The summed E-state index contributed by atoms with van der Waals surface area (Å²) in [7, 11) is 1.18. The lowest BCUT2D eigenvalue weighted by atomic mass is 10.0. The van der Waals surface area contributed by atoms with E-state index in [-0.39, 0.29) is 24.7 Å². The zero-order valence-electron chi connectivity index (χ0n) is 17.5. The van der Waals surface area contributed by atoms with E-state index in [0.717, 1.165) is 21.6 Å². The highest BCUT2D eigenvalue weighted by molar-refractivity contribution is 6.11. The number of imide groups is 1. The van der Waals surface area contributed by atoms with Gasteiger partial charge in [0.05, 0.1) is 20.3 Å². The zero-order valence-corrected chi connectivity index (χ0v) is 17.5. The van der Waals surface area contributed by atoms with Gasteiger partial charge < -0.3 is 14.8 Å². The summed E-state index contributed by atoms with van der Waals surface area (Å²) in [5.41, 5.74) is 2.88. The number of hydrogen-bond acceptors (Lipinski definition) is 5. The fourth-order valence-electron chi connectivity index (χ4n) is 3.23. The number of ether oxygens (including phenoxy) is 2. The van der Waals surface area contributed by atoms with Crippen molar-refractivity contribution in [2.45, 2.75) is 26.5 Å². The molecular weight excluding hydrogens is 403 g/mol. The van der Waals surface area contributed by atoms with Crippen molar-refractivity contribution < 1.29 is 28.2 Å². The van der Waals surface area contributed by atoms with E-state index in [1.54, 1.807) is 19.9 Å². The Labute approximate surface area is 179 Å². The molecule has 1 unspecified atom stereocenters. The van der Waals surface area contributed by atoms with Crippen molar-refractivity contribution >= 4 is 17.9 Å². The number of carbonyl (C=O) groups is 3. The van der Waals surface area contributed by atoms with Crippen molar-refractivity contribution in [1.29, 1.82) is 0 Å². The van der Waals surface area contributed by atoms with Crippen molar-refractivity contribution in [3.63, 3.8) is 0 Å². The fourth-order valence-corrected chi connectivity index (χ4v) is 3.23. The number of halogens is 1. The number of amides is 3. The van der Waals surface area contributed by atoms with Gasteiger partial charge in [0.1, 0.15) is 17.6 Å². The number of rotatable bonds is 7. The smallest absolute Gasteiger partial charge is 0.355 e. The molecule has 0 aromatic heterocycles. The summed E-state index contributed by atoms with van der Waals surface area (Å²) in [6.07, 6.45) is 0. The number of methoxy groups -OCH3 is 1. The van der Waals surface area contributed by atoms with Gasteiger partial charge in [-0.1, -0.05) is 36.4 Å². The van der Waals surface area contributed by atoms with Gasteiger partial charge in [-0.05, 0) is 48.2 Å². The van der Waals surface area contributed by atoms with Crippen LogP contribution in [0.2, 0.25) is 0 Å². The molecule has 1 aliphatic heterocycles. The lowest BCUT2D eigenvalue weighted by Gasteiger charge is -2.16. The third kappa shape index (κ3) is 4.97. The van der Waals surface area contributed by atoms with Gasteiger partial charge in [-0.2, -0.15) is 0 Å². The molecule has 1 heterocycles.